The van der Waals surface area contributed by atoms with Gasteiger partial charge < -0.3 is 20.7 Å². The van der Waals surface area contributed by atoms with E-state index >= 15 is 0 Å². The lowest BCUT2D eigenvalue weighted by atomic mass is 10.1. The number of hydrogen-bond acceptors (Lipinski definition) is 11. The summed E-state index contributed by atoms with van der Waals surface area (Å²) in [5, 5.41) is 11.3. The third-order valence-electron chi connectivity index (χ3n) is 5.46. The number of nitrogens with two attached hydrogens (primary N) is 1. The minimum atomic E-state index is -4.97. The van der Waals surface area contributed by atoms with Gasteiger partial charge in [0.1, 0.15) is 5.01 Å². The number of rotatable bonds is 8. The van der Waals surface area contributed by atoms with E-state index in [4.69, 9.17) is 5.73 Å². The average molecular weight is 537 g/mol. The van der Waals surface area contributed by atoms with Gasteiger partial charge in [0, 0.05) is 49.7 Å². The van der Waals surface area contributed by atoms with E-state index in [0.29, 0.717) is 28.7 Å². The van der Waals surface area contributed by atoms with Crippen LogP contribution in [0.25, 0.3) is 10.6 Å². The number of halogens is 3. The van der Waals surface area contributed by atoms with Crippen LogP contribution in [0.15, 0.2) is 30.6 Å². The van der Waals surface area contributed by atoms with Crippen LogP contribution in [0.4, 0.5) is 24.8 Å². The summed E-state index contributed by atoms with van der Waals surface area (Å²) in [6.07, 6.45) is -2.17. The van der Waals surface area contributed by atoms with E-state index in [9.17, 15) is 22.8 Å². The number of amides is 1. The number of carbonyl (C=O) groups excluding carboxylic acids is 2. The molecule has 3 N–H and O–H groups in total. The number of ether oxygens (including phenoxy) is 1. The van der Waals surface area contributed by atoms with E-state index in [2.05, 4.69) is 35.1 Å². The van der Waals surface area contributed by atoms with E-state index < -0.39 is 23.8 Å². The number of ketones is 1. The first-order chi connectivity index (χ1) is 17.6. The summed E-state index contributed by atoms with van der Waals surface area (Å²) in [6.45, 7) is 2.86. The Bertz CT molecular complexity index is 1260. The zero-order valence-corrected chi connectivity index (χ0v) is 20.5. The zero-order chi connectivity index (χ0) is 26.6. The molecule has 0 aliphatic carbocycles. The van der Waals surface area contributed by atoms with Crippen molar-refractivity contribution in [2.75, 3.05) is 50.8 Å². The van der Waals surface area contributed by atoms with Crippen molar-refractivity contribution in [3.63, 3.8) is 0 Å². The lowest BCUT2D eigenvalue weighted by Gasteiger charge is -2.31. The van der Waals surface area contributed by atoms with Gasteiger partial charge in [-0.05, 0) is 25.2 Å². The predicted octanol–water partition coefficient (Wildman–Crippen LogP) is 2.09. The number of aromatic nitrogens is 4. The number of likely N-dealkylation sites (N-methyl/N-ethyl adjacent to an activating group) is 1. The molecule has 3 heterocycles. The number of carbonyl (C=O) groups is 2. The molecule has 2 aromatic heterocycles. The normalized spacial score (nSPS) is 14.9. The van der Waals surface area contributed by atoms with Gasteiger partial charge >= 0.3 is 6.36 Å². The third-order valence-corrected chi connectivity index (χ3v) is 6.43. The largest absolute Gasteiger partial charge is 0.573 e. The van der Waals surface area contributed by atoms with Crippen molar-refractivity contribution < 1.29 is 27.5 Å². The first-order valence-corrected chi connectivity index (χ1v) is 11.9. The molecule has 1 saturated heterocycles. The molecule has 11 nitrogen and oxygen atoms in total. The maximum Gasteiger partial charge on any atom is 0.573 e. The molecule has 1 fully saturated rings. The highest BCUT2D eigenvalue weighted by molar-refractivity contribution is 7.14. The quantitative estimate of drug-likeness (QED) is 0.411. The predicted molar refractivity (Wildman–Crippen MR) is 129 cm³/mol. The second-order valence-corrected chi connectivity index (χ2v) is 9.38. The smallest absolute Gasteiger partial charge is 0.404 e. The number of nitrogens with one attached hydrogen (secondary N) is 1. The van der Waals surface area contributed by atoms with Gasteiger partial charge in [0.25, 0.3) is 0 Å². The minimum absolute atomic E-state index is 0.000116. The number of nitrogen functional groups attached to an aromatic ring is 1. The van der Waals surface area contributed by atoms with Crippen LogP contribution in [0.5, 0.6) is 5.75 Å². The van der Waals surface area contributed by atoms with Crippen LogP contribution in [0.2, 0.25) is 0 Å². The number of piperazine rings is 1. The molecule has 1 aliphatic rings. The van der Waals surface area contributed by atoms with E-state index in [-0.39, 0.29) is 30.2 Å². The molecule has 0 bridgehead atoms. The van der Waals surface area contributed by atoms with Gasteiger partial charge in [-0.2, -0.15) is 0 Å². The molecule has 3 aromatic rings. The summed E-state index contributed by atoms with van der Waals surface area (Å²) in [5.41, 5.74) is 5.88. The lowest BCUT2D eigenvalue weighted by molar-refractivity contribution is -0.274. The molecule has 0 spiro atoms. The fourth-order valence-corrected chi connectivity index (χ4v) is 4.36. The van der Waals surface area contributed by atoms with Crippen molar-refractivity contribution in [2.24, 2.45) is 0 Å². The van der Waals surface area contributed by atoms with Crippen LogP contribution in [0, 0.1) is 0 Å². The van der Waals surface area contributed by atoms with Crippen molar-refractivity contribution in [1.29, 1.82) is 0 Å². The molecule has 0 saturated carbocycles. The molecule has 0 radical (unpaired) electrons. The van der Waals surface area contributed by atoms with Crippen molar-refractivity contribution in [3.8, 4) is 16.3 Å². The Morgan fingerprint density at radius 1 is 1.14 bits per heavy atom. The van der Waals surface area contributed by atoms with Crippen LogP contribution in [0.1, 0.15) is 15.4 Å². The van der Waals surface area contributed by atoms with Crippen molar-refractivity contribution in [3.05, 3.63) is 41.2 Å². The zero-order valence-electron chi connectivity index (χ0n) is 19.7. The third kappa shape index (κ3) is 7.41. The van der Waals surface area contributed by atoms with Crippen LogP contribution < -0.4 is 15.8 Å². The lowest BCUT2D eigenvalue weighted by Crippen LogP contribution is -2.47. The molecule has 4 rings (SSSR count). The summed E-state index contributed by atoms with van der Waals surface area (Å²) in [7, 11) is 1.97. The summed E-state index contributed by atoms with van der Waals surface area (Å²) in [6, 6.07) is 3.37. The number of benzene rings is 1. The first kappa shape index (κ1) is 26.4. The SMILES string of the molecule is CN1CCN(CC(=O)Nc2cc(C(=O)Cc3nnc(-c4cnc(N)nc4)s3)ccc2OC(F)(F)F)CC1. The number of anilines is 2. The number of Topliss-reactive ketones (excluding diaryl/α,β-unsaturated/α-hetero) is 1. The Hall–Kier alpha value is -3.69. The topological polar surface area (TPSA) is 139 Å². The number of nitrogens with zero attached hydrogens (tertiary/aromatic N) is 6. The van der Waals surface area contributed by atoms with Gasteiger partial charge in [0.2, 0.25) is 11.9 Å². The van der Waals surface area contributed by atoms with E-state index in [1.807, 2.05) is 11.9 Å². The van der Waals surface area contributed by atoms with Gasteiger partial charge in [-0.1, -0.05) is 11.3 Å². The van der Waals surface area contributed by atoms with E-state index in [1.54, 1.807) is 0 Å². The molecule has 1 amide bonds. The van der Waals surface area contributed by atoms with Crippen molar-refractivity contribution in [1.82, 2.24) is 30.0 Å². The van der Waals surface area contributed by atoms with Crippen LogP contribution >= 0.6 is 11.3 Å². The first-order valence-electron chi connectivity index (χ1n) is 11.1. The Labute approximate surface area is 213 Å². The Balaban J connectivity index is 1.48. The second-order valence-electron chi connectivity index (χ2n) is 8.32. The van der Waals surface area contributed by atoms with Gasteiger partial charge in [0.15, 0.2) is 16.5 Å². The van der Waals surface area contributed by atoms with Crippen LogP contribution in [-0.2, 0) is 11.2 Å². The van der Waals surface area contributed by atoms with E-state index in [0.717, 1.165) is 30.5 Å². The van der Waals surface area contributed by atoms with Gasteiger partial charge in [-0.25, -0.2) is 9.97 Å². The van der Waals surface area contributed by atoms with Gasteiger partial charge in [-0.15, -0.1) is 23.4 Å². The Morgan fingerprint density at radius 3 is 2.51 bits per heavy atom. The Kier molecular flexibility index (Phi) is 7.94. The molecule has 0 unspecified atom stereocenters. The summed E-state index contributed by atoms with van der Waals surface area (Å²) in [4.78, 5) is 37.3. The molecule has 1 aliphatic heterocycles. The standard InChI is InChI=1S/C22H23F3N8O3S/c1-32-4-6-33(7-5-32)12-18(35)29-15-8-13(2-3-17(15)36-22(23,24)25)16(34)9-19-30-31-20(37-19)14-10-27-21(26)28-11-14/h2-3,8,10-11H,4-7,9,12H2,1H3,(H,29,35)(H2,26,27,28). The summed E-state index contributed by atoms with van der Waals surface area (Å²) in [5.74, 6) is -1.45. The monoisotopic (exact) mass is 536 g/mol. The maximum atomic E-state index is 12.9. The van der Waals surface area contributed by atoms with Crippen molar-refractivity contribution >= 4 is 34.7 Å². The van der Waals surface area contributed by atoms with Crippen LogP contribution in [0.3, 0.4) is 0 Å². The number of alkyl halides is 3. The highest BCUT2D eigenvalue weighted by Gasteiger charge is 2.33. The fourth-order valence-electron chi connectivity index (χ4n) is 3.54. The molecule has 196 valence electrons. The molecular weight excluding hydrogens is 513 g/mol. The highest BCUT2D eigenvalue weighted by Crippen LogP contribution is 2.32. The Morgan fingerprint density at radius 2 is 1.84 bits per heavy atom. The van der Waals surface area contributed by atoms with Gasteiger partial charge in [0.05, 0.1) is 18.7 Å². The second kappa shape index (κ2) is 11.1. The number of hydrogen-bond donors (Lipinski definition) is 2. The highest BCUT2D eigenvalue weighted by atomic mass is 32.1. The molecule has 15 heteroatoms. The van der Waals surface area contributed by atoms with Crippen molar-refractivity contribution in [2.45, 2.75) is 12.8 Å². The minimum Gasteiger partial charge on any atom is -0.404 e. The molecule has 1 aromatic carbocycles. The van der Waals surface area contributed by atoms with Gasteiger partial charge in [-0.3, -0.25) is 14.5 Å². The maximum absolute atomic E-state index is 12.9. The molecule has 37 heavy (non-hydrogen) atoms. The summed E-state index contributed by atoms with van der Waals surface area (Å²) >= 11 is 1.14. The average Bonchev–Trinajstić information content (AvgIpc) is 3.29. The molecular formula is C22H23F3N8O3S. The summed E-state index contributed by atoms with van der Waals surface area (Å²) < 4.78 is 42.9. The van der Waals surface area contributed by atoms with E-state index in [1.165, 1.54) is 24.5 Å². The van der Waals surface area contributed by atoms with Crippen LogP contribution in [-0.4, -0.2) is 87.8 Å². The fraction of sp³-hybridized carbons (Fsp3) is 0.364. The molecule has 0 atom stereocenters.